The van der Waals surface area contributed by atoms with Crippen molar-refractivity contribution in [2.75, 3.05) is 11.9 Å². The Morgan fingerprint density at radius 2 is 2.07 bits per heavy atom. The van der Waals surface area contributed by atoms with Crippen LogP contribution in [-0.2, 0) is 15.8 Å². The largest absolute Gasteiger partial charge is 0.465 e. The van der Waals surface area contributed by atoms with Crippen molar-refractivity contribution in [2.24, 2.45) is 0 Å². The zero-order valence-electron chi connectivity index (χ0n) is 14.9. The minimum Gasteiger partial charge on any atom is -0.465 e. The van der Waals surface area contributed by atoms with Crippen molar-refractivity contribution in [3.05, 3.63) is 58.9 Å². The van der Waals surface area contributed by atoms with E-state index in [1.54, 1.807) is 18.2 Å². The minimum absolute atomic E-state index is 0.0323. The van der Waals surface area contributed by atoms with Gasteiger partial charge in [0.05, 0.1) is 16.7 Å². The van der Waals surface area contributed by atoms with Crippen LogP contribution in [0.3, 0.4) is 0 Å². The topological polar surface area (TPSA) is 62.6 Å². The summed E-state index contributed by atoms with van der Waals surface area (Å²) in [6.07, 6.45) is -1.05. The maximum Gasteiger partial charge on any atom is 0.416 e. The number of anilines is 1. The third-order valence-electron chi connectivity index (χ3n) is 3.95. The van der Waals surface area contributed by atoms with Crippen LogP contribution in [0.15, 0.2) is 52.0 Å². The monoisotopic (exact) mass is 440 g/mol. The van der Waals surface area contributed by atoms with Gasteiger partial charge in [-0.2, -0.15) is 13.2 Å². The summed E-state index contributed by atoms with van der Waals surface area (Å²) in [6, 6.07) is 7.83. The smallest absolute Gasteiger partial charge is 0.416 e. The van der Waals surface area contributed by atoms with Crippen LogP contribution in [0, 0.1) is 0 Å². The van der Waals surface area contributed by atoms with Gasteiger partial charge in [-0.15, -0.1) is 0 Å². The zero-order valence-corrected chi connectivity index (χ0v) is 16.5. The molecule has 2 aromatic rings. The van der Waals surface area contributed by atoms with Gasteiger partial charge in [-0.3, -0.25) is 14.5 Å². The van der Waals surface area contributed by atoms with E-state index < -0.39 is 17.6 Å². The number of nitrogens with zero attached hydrogens (tertiary/aromatic N) is 1. The van der Waals surface area contributed by atoms with Gasteiger partial charge in [0.1, 0.15) is 10.1 Å². The van der Waals surface area contributed by atoms with Crippen molar-refractivity contribution in [1.82, 2.24) is 4.90 Å². The summed E-state index contributed by atoms with van der Waals surface area (Å²) >= 11 is 6.36. The Labute approximate surface area is 173 Å². The average molecular weight is 440 g/mol. The normalized spacial score (nSPS) is 16.0. The number of thiocarbonyl (C=S) groups is 1. The molecule has 0 spiro atoms. The molecule has 2 amide bonds. The van der Waals surface area contributed by atoms with Crippen LogP contribution in [0.25, 0.3) is 6.08 Å². The highest BCUT2D eigenvalue weighted by Crippen LogP contribution is 2.33. The van der Waals surface area contributed by atoms with E-state index >= 15 is 0 Å². The molecule has 2 heterocycles. The summed E-state index contributed by atoms with van der Waals surface area (Å²) in [7, 11) is 0. The minimum atomic E-state index is -4.48. The molecule has 1 aliphatic heterocycles. The van der Waals surface area contributed by atoms with Crippen LogP contribution >= 0.6 is 24.0 Å². The Hall–Kier alpha value is -2.59. The van der Waals surface area contributed by atoms with E-state index in [-0.39, 0.29) is 24.6 Å². The third kappa shape index (κ3) is 5.48. The Morgan fingerprint density at radius 3 is 2.76 bits per heavy atom. The zero-order chi connectivity index (χ0) is 21.0. The third-order valence-corrected chi connectivity index (χ3v) is 5.33. The molecule has 10 heteroatoms. The molecule has 0 atom stereocenters. The summed E-state index contributed by atoms with van der Waals surface area (Å²) in [5, 5.41) is 2.44. The van der Waals surface area contributed by atoms with E-state index in [4.69, 9.17) is 16.6 Å². The Morgan fingerprint density at radius 1 is 1.28 bits per heavy atom. The molecule has 5 nitrogen and oxygen atoms in total. The summed E-state index contributed by atoms with van der Waals surface area (Å²) in [4.78, 5) is 26.3. The number of amides is 2. The van der Waals surface area contributed by atoms with Gasteiger partial charge in [-0.1, -0.05) is 30.0 Å². The van der Waals surface area contributed by atoms with Crippen molar-refractivity contribution in [1.29, 1.82) is 0 Å². The van der Waals surface area contributed by atoms with Crippen LogP contribution in [0.2, 0.25) is 0 Å². The number of rotatable bonds is 6. The molecule has 1 fully saturated rings. The molecule has 29 heavy (non-hydrogen) atoms. The molecular formula is C19H15F3N2O3S2. The summed E-state index contributed by atoms with van der Waals surface area (Å²) < 4.78 is 43.8. The molecule has 1 aromatic heterocycles. The molecule has 1 N–H and O–H groups in total. The number of hydrogen-bond acceptors (Lipinski definition) is 5. The van der Waals surface area contributed by atoms with Gasteiger partial charge < -0.3 is 9.73 Å². The highest BCUT2D eigenvalue weighted by molar-refractivity contribution is 8.26. The second kappa shape index (κ2) is 8.83. The van der Waals surface area contributed by atoms with Gasteiger partial charge in [-0.25, -0.2) is 0 Å². The van der Waals surface area contributed by atoms with E-state index in [0.717, 1.165) is 23.9 Å². The Bertz CT molecular complexity index is 956. The number of benzene rings is 1. The summed E-state index contributed by atoms with van der Waals surface area (Å²) in [6.45, 7) is 0.232. The molecule has 3 rings (SSSR count). The molecule has 0 saturated carbocycles. The quantitative estimate of drug-likeness (QED) is 0.510. The predicted molar refractivity (Wildman–Crippen MR) is 108 cm³/mol. The fraction of sp³-hybridized carbons (Fsp3) is 0.211. The Balaban J connectivity index is 1.51. The molecule has 1 aliphatic rings. The molecule has 1 saturated heterocycles. The van der Waals surface area contributed by atoms with E-state index in [9.17, 15) is 22.8 Å². The van der Waals surface area contributed by atoms with Crippen molar-refractivity contribution in [3.8, 4) is 0 Å². The molecule has 0 unspecified atom stereocenters. The summed E-state index contributed by atoms with van der Waals surface area (Å²) in [5.41, 5.74) is -0.770. The molecular weight excluding hydrogens is 425 g/mol. The first-order valence-corrected chi connectivity index (χ1v) is 9.72. The van der Waals surface area contributed by atoms with Gasteiger partial charge in [0.2, 0.25) is 5.91 Å². The lowest BCUT2D eigenvalue weighted by Gasteiger charge is -2.14. The van der Waals surface area contributed by atoms with E-state index in [0.29, 0.717) is 21.4 Å². The SMILES string of the molecule is O=C(CCCN1C(=O)C(=Cc2ccco2)SC1=S)Nc1cccc(C(F)(F)F)c1. The van der Waals surface area contributed by atoms with Crippen molar-refractivity contribution in [3.63, 3.8) is 0 Å². The van der Waals surface area contributed by atoms with E-state index in [1.165, 1.54) is 23.3 Å². The van der Waals surface area contributed by atoms with Crippen molar-refractivity contribution >= 4 is 51.9 Å². The first kappa shape index (κ1) is 21.1. The van der Waals surface area contributed by atoms with Gasteiger partial charge in [0.25, 0.3) is 5.91 Å². The fourth-order valence-electron chi connectivity index (χ4n) is 2.59. The van der Waals surface area contributed by atoms with Gasteiger partial charge >= 0.3 is 6.18 Å². The van der Waals surface area contributed by atoms with Gasteiger partial charge in [0.15, 0.2) is 0 Å². The second-order valence-corrected chi connectivity index (χ2v) is 7.75. The van der Waals surface area contributed by atoms with Crippen LogP contribution in [0.1, 0.15) is 24.2 Å². The molecule has 152 valence electrons. The number of hydrogen-bond donors (Lipinski definition) is 1. The van der Waals surface area contributed by atoms with Gasteiger partial charge in [-0.05, 0) is 36.8 Å². The maximum atomic E-state index is 12.7. The summed E-state index contributed by atoms with van der Waals surface area (Å²) in [5.74, 6) is -0.179. The number of furan rings is 1. The number of carbonyl (C=O) groups excluding carboxylic acids is 2. The predicted octanol–water partition coefficient (Wildman–Crippen LogP) is 4.92. The highest BCUT2D eigenvalue weighted by atomic mass is 32.2. The first-order valence-electron chi connectivity index (χ1n) is 8.50. The number of halogens is 3. The first-order chi connectivity index (χ1) is 13.7. The number of carbonyl (C=O) groups is 2. The molecule has 1 aromatic carbocycles. The lowest BCUT2D eigenvalue weighted by Crippen LogP contribution is -2.29. The molecule has 0 bridgehead atoms. The second-order valence-electron chi connectivity index (χ2n) is 6.08. The van der Waals surface area contributed by atoms with Crippen LogP contribution < -0.4 is 5.32 Å². The highest BCUT2D eigenvalue weighted by Gasteiger charge is 2.32. The van der Waals surface area contributed by atoms with Crippen LogP contribution in [-0.4, -0.2) is 27.6 Å². The Kier molecular flexibility index (Phi) is 6.43. The fourth-order valence-corrected chi connectivity index (χ4v) is 3.88. The lowest BCUT2D eigenvalue weighted by molar-refractivity contribution is -0.137. The van der Waals surface area contributed by atoms with Crippen molar-refractivity contribution < 1.29 is 27.2 Å². The standard InChI is InChI=1S/C19H15F3N2O3S2/c20-19(21,22)12-4-1-5-13(10-12)23-16(25)7-2-8-24-17(26)15(29-18(24)28)11-14-6-3-9-27-14/h1,3-6,9-11H,2,7-8H2,(H,23,25). The average Bonchev–Trinajstić information content (AvgIpc) is 3.25. The molecule has 0 aliphatic carbocycles. The molecule has 0 radical (unpaired) electrons. The lowest BCUT2D eigenvalue weighted by atomic mass is 10.2. The number of thioether (sulfide) groups is 1. The van der Waals surface area contributed by atoms with E-state index in [2.05, 4.69) is 5.32 Å². The number of alkyl halides is 3. The van der Waals surface area contributed by atoms with Crippen LogP contribution in [0.4, 0.5) is 18.9 Å². The number of nitrogens with one attached hydrogen (secondary N) is 1. The van der Waals surface area contributed by atoms with E-state index in [1.807, 2.05) is 0 Å². The maximum absolute atomic E-state index is 12.7. The van der Waals surface area contributed by atoms with Crippen molar-refractivity contribution in [2.45, 2.75) is 19.0 Å². The van der Waals surface area contributed by atoms with Gasteiger partial charge in [0, 0.05) is 24.7 Å². The van der Waals surface area contributed by atoms with Crippen LogP contribution in [0.5, 0.6) is 0 Å².